The highest BCUT2D eigenvalue weighted by Gasteiger charge is 2.24. The van der Waals surface area contributed by atoms with Crippen LogP contribution in [0.1, 0.15) is 42.8 Å². The molecular weight excluding hydrogens is 232 g/mol. The summed E-state index contributed by atoms with van der Waals surface area (Å²) in [4.78, 5) is 18.5. The van der Waals surface area contributed by atoms with Gasteiger partial charge in [-0.3, -0.25) is 4.79 Å². The number of nitrogens with zero attached hydrogens (tertiary/aromatic N) is 2. The van der Waals surface area contributed by atoms with Crippen LogP contribution in [0, 0.1) is 12.8 Å². The second kappa shape index (κ2) is 5.63. The molecule has 0 bridgehead atoms. The number of hydrogen-bond donors (Lipinski definition) is 0. The van der Waals surface area contributed by atoms with Crippen molar-refractivity contribution < 1.29 is 4.79 Å². The van der Waals surface area contributed by atoms with Gasteiger partial charge in [0.15, 0.2) is 0 Å². The molecule has 0 aromatic carbocycles. The van der Waals surface area contributed by atoms with Crippen LogP contribution in [0.3, 0.4) is 0 Å². The van der Waals surface area contributed by atoms with Crippen LogP contribution >= 0.6 is 11.3 Å². The van der Waals surface area contributed by atoms with Gasteiger partial charge in [0.2, 0.25) is 5.91 Å². The summed E-state index contributed by atoms with van der Waals surface area (Å²) < 4.78 is 0. The lowest BCUT2D eigenvalue weighted by Crippen LogP contribution is -2.33. The number of hydrogen-bond acceptors (Lipinski definition) is 3. The highest BCUT2D eigenvalue weighted by atomic mass is 32.1. The standard InChI is InChI=1S/C13H20N2OS/c1-10-14-12(9-17-10)8-15(2)13(16)11-6-4-3-5-7-11/h9,11H,3-8H2,1-2H3. The predicted octanol–water partition coefficient (Wildman–Crippen LogP) is 2.99. The van der Waals surface area contributed by atoms with Gasteiger partial charge in [0.25, 0.3) is 0 Å². The molecule has 0 radical (unpaired) electrons. The van der Waals surface area contributed by atoms with Gasteiger partial charge in [-0.25, -0.2) is 4.98 Å². The fraction of sp³-hybridized carbons (Fsp3) is 0.692. The first-order chi connectivity index (χ1) is 8.16. The number of aryl methyl sites for hydroxylation is 1. The van der Waals surface area contributed by atoms with E-state index in [4.69, 9.17) is 0 Å². The first-order valence-electron chi connectivity index (χ1n) is 6.33. The molecule has 1 amide bonds. The molecule has 94 valence electrons. The Bertz CT molecular complexity index is 383. The fourth-order valence-corrected chi connectivity index (χ4v) is 3.07. The highest BCUT2D eigenvalue weighted by molar-refractivity contribution is 7.09. The zero-order chi connectivity index (χ0) is 12.3. The van der Waals surface area contributed by atoms with Gasteiger partial charge >= 0.3 is 0 Å². The molecule has 17 heavy (non-hydrogen) atoms. The third-order valence-corrected chi connectivity index (χ3v) is 4.22. The number of carbonyl (C=O) groups excluding carboxylic acids is 1. The molecule has 0 atom stereocenters. The van der Waals surface area contributed by atoms with E-state index in [1.165, 1.54) is 19.3 Å². The van der Waals surface area contributed by atoms with E-state index in [0.717, 1.165) is 23.5 Å². The summed E-state index contributed by atoms with van der Waals surface area (Å²) in [6.45, 7) is 2.65. The lowest BCUT2D eigenvalue weighted by atomic mass is 9.88. The van der Waals surface area contributed by atoms with Crippen molar-refractivity contribution in [1.29, 1.82) is 0 Å². The molecule has 0 aliphatic heterocycles. The molecule has 1 aliphatic rings. The third kappa shape index (κ3) is 3.28. The molecule has 3 nitrogen and oxygen atoms in total. The lowest BCUT2D eigenvalue weighted by Gasteiger charge is -2.25. The average molecular weight is 252 g/mol. The van der Waals surface area contributed by atoms with Gasteiger partial charge in [-0.15, -0.1) is 11.3 Å². The molecule has 0 saturated heterocycles. The van der Waals surface area contributed by atoms with E-state index in [9.17, 15) is 4.79 Å². The monoisotopic (exact) mass is 252 g/mol. The largest absolute Gasteiger partial charge is 0.340 e. The zero-order valence-corrected chi connectivity index (χ0v) is 11.4. The van der Waals surface area contributed by atoms with Crippen molar-refractivity contribution in [3.8, 4) is 0 Å². The molecule has 0 unspecified atom stereocenters. The molecule has 4 heteroatoms. The maximum Gasteiger partial charge on any atom is 0.225 e. The second-order valence-electron chi connectivity index (χ2n) is 4.89. The van der Waals surface area contributed by atoms with Crippen LogP contribution in [-0.2, 0) is 11.3 Å². The normalized spacial score (nSPS) is 17.1. The highest BCUT2D eigenvalue weighted by Crippen LogP contribution is 2.25. The summed E-state index contributed by atoms with van der Waals surface area (Å²) in [5.74, 6) is 0.559. The minimum Gasteiger partial charge on any atom is -0.340 e. The van der Waals surface area contributed by atoms with Crippen LogP contribution in [-0.4, -0.2) is 22.8 Å². The average Bonchev–Trinajstić information content (AvgIpc) is 2.75. The molecule has 2 rings (SSSR count). The topological polar surface area (TPSA) is 33.2 Å². The van der Waals surface area contributed by atoms with Crippen molar-refractivity contribution in [3.63, 3.8) is 0 Å². The van der Waals surface area contributed by atoms with Crippen LogP contribution in [0.15, 0.2) is 5.38 Å². The van der Waals surface area contributed by atoms with E-state index >= 15 is 0 Å². The summed E-state index contributed by atoms with van der Waals surface area (Å²) in [5, 5.41) is 3.11. The molecule has 1 aromatic rings. The Morgan fingerprint density at radius 2 is 2.18 bits per heavy atom. The van der Waals surface area contributed by atoms with Gasteiger partial charge in [-0.2, -0.15) is 0 Å². The maximum absolute atomic E-state index is 12.2. The Kier molecular flexibility index (Phi) is 4.15. The van der Waals surface area contributed by atoms with E-state index in [0.29, 0.717) is 12.5 Å². The Morgan fingerprint density at radius 1 is 1.47 bits per heavy atom. The number of aromatic nitrogens is 1. The van der Waals surface area contributed by atoms with Crippen molar-refractivity contribution in [2.45, 2.75) is 45.6 Å². The number of amides is 1. The smallest absolute Gasteiger partial charge is 0.225 e. The zero-order valence-electron chi connectivity index (χ0n) is 10.6. The van der Waals surface area contributed by atoms with E-state index in [-0.39, 0.29) is 5.92 Å². The quantitative estimate of drug-likeness (QED) is 0.828. The van der Waals surface area contributed by atoms with E-state index in [1.54, 1.807) is 11.3 Å². The molecule has 1 aromatic heterocycles. The van der Waals surface area contributed by atoms with Crippen molar-refractivity contribution in [1.82, 2.24) is 9.88 Å². The van der Waals surface area contributed by atoms with Crippen LogP contribution in [0.2, 0.25) is 0 Å². The van der Waals surface area contributed by atoms with Crippen LogP contribution in [0.5, 0.6) is 0 Å². The molecule has 1 heterocycles. The summed E-state index contributed by atoms with van der Waals surface area (Å²) >= 11 is 1.64. The minimum absolute atomic E-state index is 0.258. The molecule has 1 saturated carbocycles. The number of thiazole rings is 1. The van der Waals surface area contributed by atoms with Crippen LogP contribution < -0.4 is 0 Å². The molecular formula is C13H20N2OS. The summed E-state index contributed by atoms with van der Waals surface area (Å²) in [7, 11) is 1.89. The van der Waals surface area contributed by atoms with Gasteiger partial charge in [0.05, 0.1) is 17.2 Å². The van der Waals surface area contributed by atoms with Crippen LogP contribution in [0.4, 0.5) is 0 Å². The summed E-state index contributed by atoms with van der Waals surface area (Å²) in [6.07, 6.45) is 5.84. The molecule has 0 N–H and O–H groups in total. The second-order valence-corrected chi connectivity index (χ2v) is 5.95. The third-order valence-electron chi connectivity index (χ3n) is 3.40. The Balaban J connectivity index is 1.90. The van der Waals surface area contributed by atoms with Crippen molar-refractivity contribution in [2.24, 2.45) is 5.92 Å². The lowest BCUT2D eigenvalue weighted by molar-refractivity contribution is -0.135. The summed E-state index contributed by atoms with van der Waals surface area (Å²) in [6, 6.07) is 0. The van der Waals surface area contributed by atoms with Crippen molar-refractivity contribution in [2.75, 3.05) is 7.05 Å². The van der Waals surface area contributed by atoms with Crippen molar-refractivity contribution >= 4 is 17.2 Å². The van der Waals surface area contributed by atoms with Gasteiger partial charge in [-0.1, -0.05) is 19.3 Å². The van der Waals surface area contributed by atoms with Crippen LogP contribution in [0.25, 0.3) is 0 Å². The van der Waals surface area contributed by atoms with E-state index in [1.807, 2.05) is 24.3 Å². The first-order valence-corrected chi connectivity index (χ1v) is 7.21. The molecule has 1 aliphatic carbocycles. The van der Waals surface area contributed by atoms with E-state index in [2.05, 4.69) is 4.98 Å². The predicted molar refractivity (Wildman–Crippen MR) is 69.9 cm³/mol. The maximum atomic E-state index is 12.2. The van der Waals surface area contributed by atoms with Crippen molar-refractivity contribution in [3.05, 3.63) is 16.1 Å². The number of rotatable bonds is 3. The Hall–Kier alpha value is -0.900. The van der Waals surface area contributed by atoms with E-state index < -0.39 is 0 Å². The van der Waals surface area contributed by atoms with Gasteiger partial charge in [0, 0.05) is 18.3 Å². The van der Waals surface area contributed by atoms with Gasteiger partial charge in [-0.05, 0) is 19.8 Å². The Morgan fingerprint density at radius 3 is 2.76 bits per heavy atom. The SMILES string of the molecule is Cc1nc(CN(C)C(=O)C2CCCCC2)cs1. The Labute approximate surface area is 107 Å². The molecule has 0 spiro atoms. The fourth-order valence-electron chi connectivity index (χ4n) is 2.46. The van der Waals surface area contributed by atoms with Gasteiger partial charge < -0.3 is 4.90 Å². The van der Waals surface area contributed by atoms with Gasteiger partial charge in [0.1, 0.15) is 0 Å². The summed E-state index contributed by atoms with van der Waals surface area (Å²) in [5.41, 5.74) is 1.01. The molecule has 1 fully saturated rings. The minimum atomic E-state index is 0.258. The number of carbonyl (C=O) groups is 1. The first kappa shape index (κ1) is 12.6.